The van der Waals surface area contributed by atoms with Crippen molar-refractivity contribution < 1.29 is 4.79 Å². The van der Waals surface area contributed by atoms with Gasteiger partial charge in [0.15, 0.2) is 5.65 Å². The van der Waals surface area contributed by atoms with Gasteiger partial charge in [-0.05, 0) is 38.4 Å². The second kappa shape index (κ2) is 6.95. The molecule has 0 aliphatic carbocycles. The Labute approximate surface area is 135 Å². The molecule has 0 aliphatic heterocycles. The molecule has 0 saturated heterocycles. The van der Waals surface area contributed by atoms with E-state index in [0.29, 0.717) is 17.6 Å². The molecule has 0 aliphatic rings. The Kier molecular flexibility index (Phi) is 5.20. The summed E-state index contributed by atoms with van der Waals surface area (Å²) >= 11 is 0. The Balaban J connectivity index is 2.22. The highest BCUT2D eigenvalue weighted by atomic mass is 16.1. The normalized spacial score (nSPS) is 12.6. The number of nitrogens with zero attached hydrogens (tertiary/aromatic N) is 2. The van der Waals surface area contributed by atoms with Crippen LogP contribution in [0.3, 0.4) is 0 Å². The summed E-state index contributed by atoms with van der Waals surface area (Å²) in [4.78, 5) is 28.7. The lowest BCUT2D eigenvalue weighted by Gasteiger charge is -2.14. The van der Waals surface area contributed by atoms with Crippen LogP contribution in [0.4, 0.5) is 0 Å². The number of nitrogens with one attached hydrogen (secondary N) is 3. The molecule has 0 bridgehead atoms. The number of hydrogen-bond acceptors (Lipinski definition) is 4. The van der Waals surface area contributed by atoms with Gasteiger partial charge in [0, 0.05) is 25.3 Å². The molecule has 0 saturated carbocycles. The van der Waals surface area contributed by atoms with Crippen LogP contribution >= 0.6 is 0 Å². The average Bonchev–Trinajstić information content (AvgIpc) is 2.76. The van der Waals surface area contributed by atoms with Gasteiger partial charge in [-0.3, -0.25) is 19.4 Å². The number of hydrogen-bond donors (Lipinski definition) is 3. The fourth-order valence-corrected chi connectivity index (χ4v) is 2.82. The van der Waals surface area contributed by atoms with Gasteiger partial charge in [0.25, 0.3) is 5.56 Å². The molecule has 1 amide bonds. The first-order valence-electron chi connectivity index (χ1n) is 7.90. The molecule has 126 valence electrons. The van der Waals surface area contributed by atoms with E-state index in [1.54, 1.807) is 11.7 Å². The first-order valence-corrected chi connectivity index (χ1v) is 7.90. The van der Waals surface area contributed by atoms with Crippen LogP contribution in [0.15, 0.2) is 4.79 Å². The van der Waals surface area contributed by atoms with Gasteiger partial charge in [0.05, 0.1) is 11.8 Å². The molecule has 0 aromatic carbocycles. The van der Waals surface area contributed by atoms with E-state index in [4.69, 9.17) is 0 Å². The highest BCUT2D eigenvalue weighted by Crippen LogP contribution is 2.20. The van der Waals surface area contributed by atoms with Gasteiger partial charge in [0.1, 0.15) is 0 Å². The molecular weight excluding hydrogens is 294 g/mol. The number of aryl methyl sites for hydroxylation is 3. The fourth-order valence-electron chi connectivity index (χ4n) is 2.82. The molecule has 2 rings (SSSR count). The van der Waals surface area contributed by atoms with Gasteiger partial charge < -0.3 is 10.6 Å². The van der Waals surface area contributed by atoms with Crippen molar-refractivity contribution in [2.45, 2.75) is 40.2 Å². The first kappa shape index (κ1) is 17.2. The zero-order valence-corrected chi connectivity index (χ0v) is 14.4. The summed E-state index contributed by atoms with van der Waals surface area (Å²) in [7, 11) is 1.75. The van der Waals surface area contributed by atoms with Crippen LogP contribution in [0.1, 0.15) is 30.7 Å². The van der Waals surface area contributed by atoms with E-state index >= 15 is 0 Å². The molecule has 7 nitrogen and oxygen atoms in total. The third-order valence-corrected chi connectivity index (χ3v) is 4.07. The molecule has 3 N–H and O–H groups in total. The number of aromatic amines is 1. The second-order valence-electron chi connectivity index (χ2n) is 5.94. The summed E-state index contributed by atoms with van der Waals surface area (Å²) < 4.78 is 1.61. The molecule has 0 unspecified atom stereocenters. The summed E-state index contributed by atoms with van der Waals surface area (Å²) in [6.07, 6.45) is 0.230. The monoisotopic (exact) mass is 319 g/mol. The van der Waals surface area contributed by atoms with Crippen molar-refractivity contribution in [3.8, 4) is 0 Å². The molecule has 2 aromatic rings. The minimum absolute atomic E-state index is 0.0607. The molecule has 0 spiro atoms. The Morgan fingerprint density at radius 1 is 1.39 bits per heavy atom. The molecule has 7 heteroatoms. The number of amides is 1. The Morgan fingerprint density at radius 3 is 2.74 bits per heavy atom. The lowest BCUT2D eigenvalue weighted by atomic mass is 10.0. The van der Waals surface area contributed by atoms with Gasteiger partial charge in [-0.1, -0.05) is 6.92 Å². The molecular formula is C16H25N5O2. The second-order valence-corrected chi connectivity index (χ2v) is 5.94. The molecule has 1 atom stereocenters. The molecule has 2 heterocycles. The maximum Gasteiger partial charge on any atom is 0.273 e. The van der Waals surface area contributed by atoms with E-state index < -0.39 is 0 Å². The van der Waals surface area contributed by atoms with Gasteiger partial charge in [-0.2, -0.15) is 0 Å². The number of likely N-dealkylation sites (N-methyl/N-ethyl adjacent to an activating group) is 1. The van der Waals surface area contributed by atoms with Crippen molar-refractivity contribution in [3.63, 3.8) is 0 Å². The van der Waals surface area contributed by atoms with Gasteiger partial charge >= 0.3 is 0 Å². The average molecular weight is 319 g/mol. The van der Waals surface area contributed by atoms with Crippen LogP contribution in [-0.2, 0) is 18.3 Å². The zero-order valence-electron chi connectivity index (χ0n) is 14.4. The third-order valence-electron chi connectivity index (χ3n) is 4.07. The SMILES string of the molecule is CCN[C@H](C)CNC(=O)Cc1c(C)nc2c(c1C)c(=O)[nH]n2C. The van der Waals surface area contributed by atoms with E-state index in [0.717, 1.165) is 23.4 Å². The smallest absolute Gasteiger partial charge is 0.273 e. The lowest BCUT2D eigenvalue weighted by molar-refractivity contribution is -0.120. The minimum atomic E-state index is -0.171. The van der Waals surface area contributed by atoms with Gasteiger partial charge in [-0.25, -0.2) is 4.98 Å². The van der Waals surface area contributed by atoms with Crippen LogP contribution in [0.2, 0.25) is 0 Å². The van der Waals surface area contributed by atoms with Crippen LogP contribution in [0.25, 0.3) is 11.0 Å². The first-order chi connectivity index (χ1) is 10.8. The quantitative estimate of drug-likeness (QED) is 0.724. The number of carbonyl (C=O) groups excluding carboxylic acids is 1. The standard InChI is InChI=1S/C16H25N5O2/c1-6-17-9(2)8-18-13(22)7-12-10(3)14-15(19-11(12)4)21(5)20-16(14)23/h9,17H,6-8H2,1-5H3,(H,18,22)(H,20,23)/t9-/m1/s1. The number of pyridine rings is 1. The summed E-state index contributed by atoms with van der Waals surface area (Å²) in [5.74, 6) is -0.0607. The Hall–Kier alpha value is -2.15. The van der Waals surface area contributed by atoms with Crippen LogP contribution in [-0.4, -0.2) is 39.8 Å². The number of fused-ring (bicyclic) bond motifs is 1. The Bertz CT molecular complexity index is 775. The van der Waals surface area contributed by atoms with Crippen LogP contribution in [0, 0.1) is 13.8 Å². The van der Waals surface area contributed by atoms with E-state index in [-0.39, 0.29) is 23.9 Å². The molecule has 0 fully saturated rings. The molecule has 2 aromatic heterocycles. The fraction of sp³-hybridized carbons (Fsp3) is 0.562. The van der Waals surface area contributed by atoms with Crippen molar-refractivity contribution in [2.75, 3.05) is 13.1 Å². The van der Waals surface area contributed by atoms with Crippen molar-refractivity contribution in [1.29, 1.82) is 0 Å². The molecule has 23 heavy (non-hydrogen) atoms. The van der Waals surface area contributed by atoms with Gasteiger partial charge in [0.2, 0.25) is 5.91 Å². The minimum Gasteiger partial charge on any atom is -0.354 e. The number of rotatable bonds is 6. The van der Waals surface area contributed by atoms with E-state index in [9.17, 15) is 9.59 Å². The summed E-state index contributed by atoms with van der Waals surface area (Å²) in [6.45, 7) is 9.24. The van der Waals surface area contributed by atoms with Crippen LogP contribution < -0.4 is 16.2 Å². The number of carbonyl (C=O) groups is 1. The largest absolute Gasteiger partial charge is 0.354 e. The third kappa shape index (κ3) is 3.61. The number of aromatic nitrogens is 3. The van der Waals surface area contributed by atoms with E-state index in [1.807, 2.05) is 27.7 Å². The number of H-pyrrole nitrogens is 1. The van der Waals surface area contributed by atoms with Crippen LogP contribution in [0.5, 0.6) is 0 Å². The van der Waals surface area contributed by atoms with Crippen molar-refractivity contribution in [2.24, 2.45) is 7.05 Å². The maximum absolute atomic E-state index is 12.2. The highest BCUT2D eigenvalue weighted by molar-refractivity contribution is 5.84. The lowest BCUT2D eigenvalue weighted by Crippen LogP contribution is -2.39. The summed E-state index contributed by atoms with van der Waals surface area (Å²) in [5, 5.41) is 9.43. The topological polar surface area (TPSA) is 91.8 Å². The summed E-state index contributed by atoms with van der Waals surface area (Å²) in [5.41, 5.74) is 2.87. The van der Waals surface area contributed by atoms with Gasteiger partial charge in [-0.15, -0.1) is 0 Å². The van der Waals surface area contributed by atoms with Crippen molar-refractivity contribution in [3.05, 3.63) is 27.2 Å². The zero-order chi connectivity index (χ0) is 17.1. The maximum atomic E-state index is 12.2. The Morgan fingerprint density at radius 2 is 2.09 bits per heavy atom. The van der Waals surface area contributed by atoms with Crippen molar-refractivity contribution in [1.82, 2.24) is 25.4 Å². The van der Waals surface area contributed by atoms with E-state index in [2.05, 4.69) is 20.7 Å². The predicted molar refractivity (Wildman–Crippen MR) is 90.7 cm³/mol. The highest BCUT2D eigenvalue weighted by Gasteiger charge is 2.17. The predicted octanol–water partition coefficient (Wildman–Crippen LogP) is 0.535. The molecule has 0 radical (unpaired) electrons. The van der Waals surface area contributed by atoms with E-state index in [1.165, 1.54) is 0 Å². The van der Waals surface area contributed by atoms with Crippen molar-refractivity contribution >= 4 is 16.9 Å². The summed E-state index contributed by atoms with van der Waals surface area (Å²) in [6, 6.07) is 0.226.